The van der Waals surface area contributed by atoms with Gasteiger partial charge in [0.1, 0.15) is 48.6 Å². The van der Waals surface area contributed by atoms with Crippen molar-refractivity contribution in [2.24, 2.45) is 0 Å². The Morgan fingerprint density at radius 2 is 1.25 bits per heavy atom. The molecule has 2 saturated heterocycles. The van der Waals surface area contributed by atoms with Gasteiger partial charge in [-0.25, -0.2) is 9.59 Å². The first-order chi connectivity index (χ1) is 20.4. The number of aliphatic hydroxyl groups excluding tert-OH is 5. The molecule has 10 N–H and O–H groups in total. The van der Waals surface area contributed by atoms with Gasteiger partial charge in [-0.2, -0.15) is 0 Å². The minimum absolute atomic E-state index is 0.719. The molecular weight excluding hydrogens is 602 g/mol. The molecule has 0 unspecified atom stereocenters. The fraction of sp³-hybridized carbons (Fsp3) is 0.708. The molecule has 0 aromatic rings. The van der Waals surface area contributed by atoms with Crippen LogP contribution in [-0.4, -0.2) is 145 Å². The summed E-state index contributed by atoms with van der Waals surface area (Å²) in [5.41, 5.74) is 0. The van der Waals surface area contributed by atoms with Gasteiger partial charge in [0.05, 0.1) is 6.10 Å². The van der Waals surface area contributed by atoms with Gasteiger partial charge < -0.3 is 75.4 Å². The Hall–Kier alpha value is -3.63. The number of hydrogen-bond acceptors (Lipinski definition) is 15. The molecule has 248 valence electrons. The van der Waals surface area contributed by atoms with Crippen LogP contribution in [0.5, 0.6) is 0 Å². The van der Waals surface area contributed by atoms with Crippen LogP contribution in [0.3, 0.4) is 0 Å². The summed E-state index contributed by atoms with van der Waals surface area (Å²) in [6.07, 6.45) is -18.2. The lowest BCUT2D eigenvalue weighted by atomic mass is 9.94. The number of rotatable bonds is 9. The summed E-state index contributed by atoms with van der Waals surface area (Å²) in [6, 6.07) is -4.82. The molecule has 0 radical (unpaired) electrons. The van der Waals surface area contributed by atoms with Crippen LogP contribution in [0, 0.1) is 0 Å². The van der Waals surface area contributed by atoms with Gasteiger partial charge in [-0.15, -0.1) is 0 Å². The molecule has 3 rings (SSSR count). The van der Waals surface area contributed by atoms with E-state index in [0.717, 1.165) is 20.8 Å². The molecule has 0 bridgehead atoms. The van der Waals surface area contributed by atoms with Crippen molar-refractivity contribution in [3.63, 3.8) is 0 Å². The van der Waals surface area contributed by atoms with E-state index in [2.05, 4.69) is 16.0 Å². The monoisotopic (exact) mass is 637 g/mol. The highest BCUT2D eigenvalue weighted by molar-refractivity contribution is 5.85. The van der Waals surface area contributed by atoms with E-state index in [9.17, 15) is 59.7 Å². The van der Waals surface area contributed by atoms with Crippen molar-refractivity contribution in [1.29, 1.82) is 0 Å². The third-order valence-electron chi connectivity index (χ3n) is 6.92. The molecule has 20 nitrogen and oxygen atoms in total. The number of carboxylic acids is 2. The molecule has 0 aromatic carbocycles. The Balaban J connectivity index is 2.00. The predicted molar refractivity (Wildman–Crippen MR) is 136 cm³/mol. The van der Waals surface area contributed by atoms with E-state index >= 15 is 0 Å². The summed E-state index contributed by atoms with van der Waals surface area (Å²) in [5, 5.41) is 78.8. The van der Waals surface area contributed by atoms with Crippen LogP contribution in [0.2, 0.25) is 0 Å². The lowest BCUT2D eigenvalue weighted by Gasteiger charge is -2.48. The standard InChI is InChI=1S/C24H35N3O17/c1-5-12(31)16(42-23-10(26-7(3)29)13(32)15(34)18(44-23)20(35)36)11(27-8(4)30)24(40-5)43-17-14(33)9(25-6(2)28)22(39)41-19(17)21(37)38/h5,9-14,16-17,19,22-24,31-34,39H,1-4H3,(H,25,28)(H,26,29)(H,27,30)(H,35,36)(H,37,38)/t5-,9+,10+,11-,12+,13-,14-,16-,17+,19+,22+,23-,24-/m1/s1. The highest BCUT2D eigenvalue weighted by Gasteiger charge is 2.55. The van der Waals surface area contributed by atoms with Crippen LogP contribution < -0.4 is 16.0 Å². The van der Waals surface area contributed by atoms with Gasteiger partial charge in [-0.05, 0) is 6.92 Å². The molecule has 0 saturated carbocycles. The molecule has 0 aliphatic carbocycles. The van der Waals surface area contributed by atoms with Crippen LogP contribution in [0.25, 0.3) is 0 Å². The van der Waals surface area contributed by atoms with E-state index in [1.165, 1.54) is 6.92 Å². The Bertz CT molecular complexity index is 1160. The lowest BCUT2D eigenvalue weighted by molar-refractivity contribution is -0.331. The molecule has 3 heterocycles. The summed E-state index contributed by atoms with van der Waals surface area (Å²) in [5.74, 6) is -8.05. The van der Waals surface area contributed by atoms with E-state index in [1.807, 2.05) is 0 Å². The second-order valence-corrected chi connectivity index (χ2v) is 10.3. The lowest BCUT2D eigenvalue weighted by Crippen LogP contribution is -2.70. The molecule has 3 aliphatic rings. The van der Waals surface area contributed by atoms with Gasteiger partial charge in [-0.1, -0.05) is 0 Å². The maximum Gasteiger partial charge on any atom is 0.375 e. The molecule has 44 heavy (non-hydrogen) atoms. The number of amides is 3. The van der Waals surface area contributed by atoms with Crippen molar-refractivity contribution in [3.05, 3.63) is 11.5 Å². The maximum absolute atomic E-state index is 12.2. The first-order valence-electron chi connectivity index (χ1n) is 13.2. The normalized spacial score (nSPS) is 39.0. The second-order valence-electron chi connectivity index (χ2n) is 10.3. The van der Waals surface area contributed by atoms with Crippen LogP contribution in [-0.2, 0) is 47.7 Å². The Morgan fingerprint density at radius 3 is 1.77 bits per heavy atom. The van der Waals surface area contributed by atoms with Crippen molar-refractivity contribution in [3.8, 4) is 0 Å². The third kappa shape index (κ3) is 7.53. The van der Waals surface area contributed by atoms with Crippen molar-refractivity contribution in [2.45, 2.75) is 107 Å². The molecule has 3 amide bonds. The van der Waals surface area contributed by atoms with E-state index in [-0.39, 0.29) is 0 Å². The van der Waals surface area contributed by atoms with Crippen molar-refractivity contribution in [2.75, 3.05) is 0 Å². The fourth-order valence-electron chi connectivity index (χ4n) is 4.95. The Morgan fingerprint density at radius 1 is 0.727 bits per heavy atom. The van der Waals surface area contributed by atoms with Crippen LogP contribution in [0.15, 0.2) is 11.5 Å². The minimum Gasteiger partial charge on any atom is -0.506 e. The second kappa shape index (κ2) is 14.0. The van der Waals surface area contributed by atoms with E-state index < -0.39 is 121 Å². The number of hydrogen-bond donors (Lipinski definition) is 10. The first-order valence-corrected chi connectivity index (χ1v) is 13.2. The number of aliphatic carboxylic acids is 2. The molecular formula is C24H35N3O17. The minimum atomic E-state index is -2.06. The molecule has 13 atom stereocenters. The van der Waals surface area contributed by atoms with Gasteiger partial charge in [0, 0.05) is 20.8 Å². The highest BCUT2D eigenvalue weighted by atomic mass is 16.7. The zero-order chi connectivity index (χ0) is 33.2. The van der Waals surface area contributed by atoms with E-state index in [0.29, 0.717) is 0 Å². The van der Waals surface area contributed by atoms with E-state index in [1.54, 1.807) is 0 Å². The number of ether oxygens (including phenoxy) is 5. The Kier molecular flexibility index (Phi) is 11.1. The summed E-state index contributed by atoms with van der Waals surface area (Å²) in [6.45, 7) is 4.45. The zero-order valence-corrected chi connectivity index (χ0v) is 23.7. The quantitative estimate of drug-likeness (QED) is 0.113. The van der Waals surface area contributed by atoms with Gasteiger partial charge in [-0.3, -0.25) is 14.4 Å². The number of carboxylic acid groups (broad SMARTS) is 2. The summed E-state index contributed by atoms with van der Waals surface area (Å²) < 4.78 is 27.5. The molecule has 3 aliphatic heterocycles. The summed E-state index contributed by atoms with van der Waals surface area (Å²) >= 11 is 0. The average Bonchev–Trinajstić information content (AvgIpc) is 2.91. The van der Waals surface area contributed by atoms with Crippen LogP contribution >= 0.6 is 0 Å². The number of nitrogens with one attached hydrogen (secondary N) is 3. The largest absolute Gasteiger partial charge is 0.506 e. The number of aliphatic hydroxyl groups is 5. The first kappa shape index (κ1) is 34.9. The number of carbonyl (C=O) groups excluding carboxylic acids is 3. The van der Waals surface area contributed by atoms with Crippen molar-refractivity contribution >= 4 is 29.7 Å². The van der Waals surface area contributed by atoms with Gasteiger partial charge in [0.2, 0.25) is 29.8 Å². The third-order valence-corrected chi connectivity index (χ3v) is 6.92. The maximum atomic E-state index is 12.2. The van der Waals surface area contributed by atoms with Crippen molar-refractivity contribution < 1.29 is 83.4 Å². The molecule has 0 spiro atoms. The molecule has 20 heteroatoms. The fourth-order valence-corrected chi connectivity index (χ4v) is 4.95. The molecule has 0 aromatic heterocycles. The van der Waals surface area contributed by atoms with Crippen LogP contribution in [0.4, 0.5) is 0 Å². The molecule has 2 fully saturated rings. The summed E-state index contributed by atoms with van der Waals surface area (Å²) in [7, 11) is 0. The topological polar surface area (TPSA) is 309 Å². The van der Waals surface area contributed by atoms with Crippen molar-refractivity contribution in [1.82, 2.24) is 16.0 Å². The smallest absolute Gasteiger partial charge is 0.375 e. The summed E-state index contributed by atoms with van der Waals surface area (Å²) in [4.78, 5) is 59.3. The highest BCUT2D eigenvalue weighted by Crippen LogP contribution is 2.33. The average molecular weight is 638 g/mol. The zero-order valence-electron chi connectivity index (χ0n) is 23.7. The van der Waals surface area contributed by atoms with Gasteiger partial charge >= 0.3 is 11.9 Å². The Labute approximate surface area is 248 Å². The SMILES string of the molecule is CC(=O)N[C@@H]1[C@H](O[C@H]2[C@@H](O)[C@@H](C)O[C@H](O[C@H]3[C@H](O)[C@H](NC(C)=O)[C@@H](O)O[C@@H]3C(=O)O)[C@@H]2NC(C)=O)OC(C(=O)O)=C(O)[C@@H]1O. The van der Waals surface area contributed by atoms with Crippen LogP contribution in [0.1, 0.15) is 27.7 Å². The number of carbonyl (C=O) groups is 5. The predicted octanol–water partition coefficient (Wildman–Crippen LogP) is -4.89. The van der Waals surface area contributed by atoms with E-state index in [4.69, 9.17) is 23.7 Å². The van der Waals surface area contributed by atoms with Gasteiger partial charge in [0.15, 0.2) is 24.4 Å². The van der Waals surface area contributed by atoms with Gasteiger partial charge in [0.25, 0.3) is 0 Å².